The van der Waals surface area contributed by atoms with Crippen molar-refractivity contribution in [1.29, 1.82) is 0 Å². The van der Waals surface area contributed by atoms with E-state index >= 15 is 0 Å². The van der Waals surface area contributed by atoms with Gasteiger partial charge in [0.15, 0.2) is 0 Å². The van der Waals surface area contributed by atoms with Crippen LogP contribution in [0.15, 0.2) is 24.3 Å². The molecule has 108 valence electrons. The third kappa shape index (κ3) is 6.57. The lowest BCUT2D eigenvalue weighted by Gasteiger charge is -2.13. The van der Waals surface area contributed by atoms with Crippen molar-refractivity contribution in [2.24, 2.45) is 5.73 Å². The highest BCUT2D eigenvalue weighted by Crippen LogP contribution is 2.16. The van der Waals surface area contributed by atoms with Crippen LogP contribution >= 0.6 is 0 Å². The van der Waals surface area contributed by atoms with Crippen LogP contribution in [0.4, 0.5) is 0 Å². The fraction of sp³-hybridized carbons (Fsp3) is 0.600. The molecule has 3 N–H and O–H groups in total. The molecule has 2 atom stereocenters. The lowest BCUT2D eigenvalue weighted by atomic mass is 10.1. The quantitative estimate of drug-likeness (QED) is 0.674. The van der Waals surface area contributed by atoms with Crippen molar-refractivity contribution in [3.05, 3.63) is 29.8 Å². The van der Waals surface area contributed by atoms with E-state index in [-0.39, 0.29) is 12.6 Å². The Labute approximate surface area is 115 Å². The van der Waals surface area contributed by atoms with Crippen LogP contribution in [-0.4, -0.2) is 31.0 Å². The van der Waals surface area contributed by atoms with E-state index in [1.807, 2.05) is 31.2 Å². The molecule has 0 aliphatic rings. The molecular formula is C15H25NO3. The Balaban J connectivity index is 2.24. The summed E-state index contributed by atoms with van der Waals surface area (Å²) in [4.78, 5) is 0. The van der Waals surface area contributed by atoms with Crippen molar-refractivity contribution in [3.8, 4) is 5.75 Å². The second kappa shape index (κ2) is 8.91. The van der Waals surface area contributed by atoms with Gasteiger partial charge < -0.3 is 20.3 Å². The predicted molar refractivity (Wildman–Crippen MR) is 76.3 cm³/mol. The number of aliphatic hydroxyl groups is 1. The van der Waals surface area contributed by atoms with E-state index in [1.165, 1.54) is 0 Å². The highest BCUT2D eigenvalue weighted by molar-refractivity contribution is 5.28. The Hall–Kier alpha value is -1.10. The minimum Gasteiger partial charge on any atom is -0.491 e. The fourth-order valence-corrected chi connectivity index (χ4v) is 1.57. The maximum atomic E-state index is 9.68. The van der Waals surface area contributed by atoms with Gasteiger partial charge in [0.05, 0.1) is 6.61 Å². The molecule has 1 aromatic carbocycles. The molecule has 0 heterocycles. The maximum Gasteiger partial charge on any atom is 0.119 e. The van der Waals surface area contributed by atoms with E-state index in [0.29, 0.717) is 13.2 Å². The molecule has 0 aliphatic heterocycles. The molecule has 0 aliphatic carbocycles. The smallest absolute Gasteiger partial charge is 0.119 e. The zero-order valence-electron chi connectivity index (χ0n) is 11.8. The van der Waals surface area contributed by atoms with Gasteiger partial charge in [0.25, 0.3) is 0 Å². The van der Waals surface area contributed by atoms with Crippen LogP contribution in [0.1, 0.15) is 38.3 Å². The van der Waals surface area contributed by atoms with E-state index in [9.17, 15) is 5.11 Å². The third-order valence-electron chi connectivity index (χ3n) is 2.80. The number of rotatable bonds is 9. The summed E-state index contributed by atoms with van der Waals surface area (Å²) in [5, 5.41) is 9.68. The number of nitrogens with two attached hydrogens (primary N) is 1. The molecular weight excluding hydrogens is 242 g/mol. The highest BCUT2D eigenvalue weighted by Gasteiger charge is 2.06. The van der Waals surface area contributed by atoms with Crippen molar-refractivity contribution in [2.45, 2.75) is 38.8 Å². The van der Waals surface area contributed by atoms with Crippen molar-refractivity contribution in [3.63, 3.8) is 0 Å². The molecule has 0 bridgehead atoms. The minimum absolute atomic E-state index is 0.0200. The van der Waals surface area contributed by atoms with Gasteiger partial charge in [-0.1, -0.05) is 25.5 Å². The number of hydrogen-bond donors (Lipinski definition) is 2. The minimum atomic E-state index is -0.593. The third-order valence-corrected chi connectivity index (χ3v) is 2.80. The second-order valence-corrected chi connectivity index (χ2v) is 4.75. The Morgan fingerprint density at radius 3 is 2.47 bits per heavy atom. The molecule has 0 saturated heterocycles. The first kappa shape index (κ1) is 16.0. The zero-order valence-corrected chi connectivity index (χ0v) is 11.8. The lowest BCUT2D eigenvalue weighted by Crippen LogP contribution is -2.23. The Morgan fingerprint density at radius 1 is 1.21 bits per heavy atom. The van der Waals surface area contributed by atoms with Crippen LogP contribution in [-0.2, 0) is 4.74 Å². The molecule has 0 spiro atoms. The van der Waals surface area contributed by atoms with Gasteiger partial charge >= 0.3 is 0 Å². The fourth-order valence-electron chi connectivity index (χ4n) is 1.57. The van der Waals surface area contributed by atoms with Gasteiger partial charge in [0.1, 0.15) is 18.5 Å². The van der Waals surface area contributed by atoms with Crippen LogP contribution in [0.3, 0.4) is 0 Å². The molecule has 1 rings (SSSR count). The van der Waals surface area contributed by atoms with Crippen LogP contribution in [0, 0.1) is 0 Å². The van der Waals surface area contributed by atoms with Gasteiger partial charge in [0.2, 0.25) is 0 Å². The summed E-state index contributed by atoms with van der Waals surface area (Å²) in [6, 6.07) is 7.62. The van der Waals surface area contributed by atoms with E-state index in [4.69, 9.17) is 15.2 Å². The average molecular weight is 267 g/mol. The van der Waals surface area contributed by atoms with E-state index in [0.717, 1.165) is 24.2 Å². The molecule has 1 aromatic rings. The number of aliphatic hydroxyl groups excluding tert-OH is 1. The van der Waals surface area contributed by atoms with Gasteiger partial charge in [-0.05, 0) is 31.0 Å². The Kier molecular flexibility index (Phi) is 7.48. The number of benzene rings is 1. The second-order valence-electron chi connectivity index (χ2n) is 4.75. The molecule has 4 heteroatoms. The summed E-state index contributed by atoms with van der Waals surface area (Å²) in [7, 11) is 0. The van der Waals surface area contributed by atoms with E-state index in [2.05, 4.69) is 6.92 Å². The molecule has 0 amide bonds. The topological polar surface area (TPSA) is 64.7 Å². The lowest BCUT2D eigenvalue weighted by molar-refractivity contribution is 0.0113. The normalized spacial score (nSPS) is 14.1. The molecule has 0 saturated carbocycles. The summed E-state index contributed by atoms with van der Waals surface area (Å²) in [6.07, 6.45) is 1.52. The summed E-state index contributed by atoms with van der Waals surface area (Å²) in [6.45, 7) is 5.29. The van der Waals surface area contributed by atoms with E-state index in [1.54, 1.807) is 0 Å². The van der Waals surface area contributed by atoms with Crippen LogP contribution in [0.2, 0.25) is 0 Å². The van der Waals surface area contributed by atoms with Gasteiger partial charge in [-0.3, -0.25) is 0 Å². The van der Waals surface area contributed by atoms with Gasteiger partial charge in [-0.2, -0.15) is 0 Å². The van der Waals surface area contributed by atoms with Crippen molar-refractivity contribution in [1.82, 2.24) is 0 Å². The molecule has 4 nitrogen and oxygen atoms in total. The largest absolute Gasteiger partial charge is 0.491 e. The standard InChI is InChI=1S/C15H25NO3/c1-3-4-9-18-10-14(17)11-19-15-7-5-13(6-8-15)12(2)16/h5-8,12,14,17H,3-4,9-11,16H2,1-2H3/t12-,14?/m0/s1. The zero-order chi connectivity index (χ0) is 14.1. The number of unbranched alkanes of at least 4 members (excludes halogenated alkanes) is 1. The van der Waals surface area contributed by atoms with Crippen molar-refractivity contribution < 1.29 is 14.6 Å². The van der Waals surface area contributed by atoms with Gasteiger partial charge in [0, 0.05) is 12.6 Å². The monoisotopic (exact) mass is 267 g/mol. The molecule has 0 fully saturated rings. The highest BCUT2D eigenvalue weighted by atomic mass is 16.5. The van der Waals surface area contributed by atoms with Gasteiger partial charge in [-0.25, -0.2) is 0 Å². The predicted octanol–water partition coefficient (Wildman–Crippen LogP) is 2.26. The summed E-state index contributed by atoms with van der Waals surface area (Å²) in [5.74, 6) is 0.733. The molecule has 19 heavy (non-hydrogen) atoms. The van der Waals surface area contributed by atoms with Gasteiger partial charge in [-0.15, -0.1) is 0 Å². The molecule has 1 unspecified atom stereocenters. The Morgan fingerprint density at radius 2 is 1.89 bits per heavy atom. The summed E-state index contributed by atoms with van der Waals surface area (Å²) >= 11 is 0. The first-order valence-corrected chi connectivity index (χ1v) is 6.87. The summed E-state index contributed by atoms with van der Waals surface area (Å²) in [5.41, 5.74) is 6.83. The van der Waals surface area contributed by atoms with Crippen LogP contribution in [0.25, 0.3) is 0 Å². The van der Waals surface area contributed by atoms with E-state index < -0.39 is 6.10 Å². The molecule has 0 radical (unpaired) electrons. The Bertz CT molecular complexity index is 338. The van der Waals surface area contributed by atoms with Crippen molar-refractivity contribution >= 4 is 0 Å². The average Bonchev–Trinajstić information content (AvgIpc) is 2.42. The first-order valence-electron chi connectivity index (χ1n) is 6.87. The first-order chi connectivity index (χ1) is 9.13. The molecule has 0 aromatic heterocycles. The maximum absolute atomic E-state index is 9.68. The summed E-state index contributed by atoms with van der Waals surface area (Å²) < 4.78 is 10.8. The SMILES string of the molecule is CCCCOCC(O)COc1ccc([C@H](C)N)cc1. The number of hydrogen-bond acceptors (Lipinski definition) is 4. The van der Waals surface area contributed by atoms with Crippen LogP contribution in [0.5, 0.6) is 5.75 Å². The van der Waals surface area contributed by atoms with Crippen LogP contribution < -0.4 is 10.5 Å². The van der Waals surface area contributed by atoms with Crippen molar-refractivity contribution in [2.75, 3.05) is 19.8 Å². The number of ether oxygens (including phenoxy) is 2.